The molecular formula is C14H21NO4. The van der Waals surface area contributed by atoms with Crippen LogP contribution in [0, 0.1) is 0 Å². The maximum Gasteiger partial charge on any atom is 0.412 e. The number of phenols is 1. The SMILES string of the molecule is CC(C)(C)OC(=O)Nc1cc(CCCO)ccc1O. The van der Waals surface area contributed by atoms with Crippen LogP contribution in [0.1, 0.15) is 32.8 Å². The Morgan fingerprint density at radius 3 is 2.63 bits per heavy atom. The minimum atomic E-state index is -0.609. The largest absolute Gasteiger partial charge is 0.506 e. The molecule has 1 rings (SSSR count). The molecular weight excluding hydrogens is 246 g/mol. The van der Waals surface area contributed by atoms with Crippen molar-refractivity contribution in [2.24, 2.45) is 0 Å². The van der Waals surface area contributed by atoms with Gasteiger partial charge in [-0.2, -0.15) is 0 Å². The zero-order valence-corrected chi connectivity index (χ0v) is 11.6. The van der Waals surface area contributed by atoms with E-state index in [0.717, 1.165) is 5.56 Å². The Balaban J connectivity index is 2.73. The number of phenolic OH excluding ortho intramolecular Hbond substituents is 1. The van der Waals surface area contributed by atoms with Gasteiger partial charge in [0.2, 0.25) is 0 Å². The van der Waals surface area contributed by atoms with Gasteiger partial charge in [0.05, 0.1) is 5.69 Å². The van der Waals surface area contributed by atoms with E-state index in [0.29, 0.717) is 18.5 Å². The number of carbonyl (C=O) groups excluding carboxylic acids is 1. The third-order valence-corrected chi connectivity index (χ3v) is 2.32. The van der Waals surface area contributed by atoms with Gasteiger partial charge in [-0.05, 0) is 51.3 Å². The fourth-order valence-electron chi connectivity index (χ4n) is 1.54. The summed E-state index contributed by atoms with van der Waals surface area (Å²) in [7, 11) is 0. The van der Waals surface area contributed by atoms with Gasteiger partial charge in [0.15, 0.2) is 0 Å². The molecule has 0 fully saturated rings. The van der Waals surface area contributed by atoms with E-state index in [1.54, 1.807) is 32.9 Å². The van der Waals surface area contributed by atoms with E-state index < -0.39 is 11.7 Å². The summed E-state index contributed by atoms with van der Waals surface area (Å²) in [5.74, 6) is -0.0152. The Hall–Kier alpha value is -1.75. The number of aromatic hydroxyl groups is 1. The number of rotatable bonds is 4. The summed E-state index contributed by atoms with van der Waals surface area (Å²) in [6, 6.07) is 4.94. The summed E-state index contributed by atoms with van der Waals surface area (Å²) in [5, 5.41) is 21.0. The van der Waals surface area contributed by atoms with Crippen molar-refractivity contribution in [1.82, 2.24) is 0 Å². The number of benzene rings is 1. The molecule has 0 aliphatic rings. The second-order valence-electron chi connectivity index (χ2n) is 5.31. The van der Waals surface area contributed by atoms with Gasteiger partial charge in [-0.3, -0.25) is 5.32 Å². The molecule has 19 heavy (non-hydrogen) atoms. The molecule has 0 aromatic heterocycles. The van der Waals surface area contributed by atoms with E-state index in [1.165, 1.54) is 6.07 Å². The van der Waals surface area contributed by atoms with Crippen LogP contribution in [0.3, 0.4) is 0 Å². The maximum absolute atomic E-state index is 11.6. The standard InChI is InChI=1S/C14H21NO4/c1-14(2,3)19-13(18)15-11-9-10(5-4-8-16)6-7-12(11)17/h6-7,9,16-17H,4-5,8H2,1-3H3,(H,15,18). The summed E-state index contributed by atoms with van der Waals surface area (Å²) in [6.07, 6.45) is 0.707. The van der Waals surface area contributed by atoms with Crippen molar-refractivity contribution in [3.05, 3.63) is 23.8 Å². The summed E-state index contributed by atoms with van der Waals surface area (Å²) < 4.78 is 5.12. The lowest BCUT2D eigenvalue weighted by Gasteiger charge is -2.20. The topological polar surface area (TPSA) is 78.8 Å². The van der Waals surface area contributed by atoms with Crippen LogP contribution in [0.15, 0.2) is 18.2 Å². The van der Waals surface area contributed by atoms with Gasteiger partial charge in [0.25, 0.3) is 0 Å². The lowest BCUT2D eigenvalue weighted by atomic mass is 10.1. The fourth-order valence-corrected chi connectivity index (χ4v) is 1.54. The first-order chi connectivity index (χ1) is 8.81. The average molecular weight is 267 g/mol. The number of carbonyl (C=O) groups is 1. The molecule has 0 unspecified atom stereocenters. The van der Waals surface area contributed by atoms with Crippen LogP contribution in [0.4, 0.5) is 10.5 Å². The van der Waals surface area contributed by atoms with Crippen LogP contribution in [-0.4, -0.2) is 28.5 Å². The number of amides is 1. The van der Waals surface area contributed by atoms with Crippen LogP contribution in [0.5, 0.6) is 5.75 Å². The molecule has 0 heterocycles. The van der Waals surface area contributed by atoms with Gasteiger partial charge in [0.1, 0.15) is 11.4 Å². The lowest BCUT2D eigenvalue weighted by Crippen LogP contribution is -2.27. The van der Waals surface area contributed by atoms with Crippen LogP contribution in [0.25, 0.3) is 0 Å². The third-order valence-electron chi connectivity index (χ3n) is 2.32. The minimum absolute atomic E-state index is 0.0152. The quantitative estimate of drug-likeness (QED) is 0.733. The molecule has 0 spiro atoms. The number of hydrogen-bond donors (Lipinski definition) is 3. The number of aryl methyl sites for hydroxylation is 1. The van der Waals surface area contributed by atoms with Gasteiger partial charge < -0.3 is 14.9 Å². The lowest BCUT2D eigenvalue weighted by molar-refractivity contribution is 0.0635. The normalized spacial score (nSPS) is 11.2. The third kappa shape index (κ3) is 5.61. The molecule has 5 heteroatoms. The molecule has 1 aromatic carbocycles. The van der Waals surface area contributed by atoms with E-state index in [1.807, 2.05) is 0 Å². The first-order valence-electron chi connectivity index (χ1n) is 6.24. The molecule has 5 nitrogen and oxygen atoms in total. The van der Waals surface area contributed by atoms with Crippen LogP contribution < -0.4 is 5.32 Å². The first kappa shape index (κ1) is 15.3. The summed E-state index contributed by atoms with van der Waals surface area (Å²) in [5.41, 5.74) is 0.649. The van der Waals surface area contributed by atoms with E-state index in [-0.39, 0.29) is 12.4 Å². The molecule has 0 atom stereocenters. The zero-order valence-electron chi connectivity index (χ0n) is 11.6. The Labute approximate surface area is 113 Å². The van der Waals surface area contributed by atoms with Gasteiger partial charge in [-0.15, -0.1) is 0 Å². The second kappa shape index (κ2) is 6.43. The molecule has 0 saturated heterocycles. The molecule has 0 bridgehead atoms. The minimum Gasteiger partial charge on any atom is -0.506 e. The van der Waals surface area contributed by atoms with E-state index in [4.69, 9.17) is 9.84 Å². The highest BCUT2D eigenvalue weighted by Crippen LogP contribution is 2.25. The zero-order chi connectivity index (χ0) is 14.5. The number of anilines is 1. The van der Waals surface area contributed by atoms with E-state index in [9.17, 15) is 9.90 Å². The number of nitrogens with one attached hydrogen (secondary N) is 1. The highest BCUT2D eigenvalue weighted by Gasteiger charge is 2.17. The molecule has 0 saturated carbocycles. The Morgan fingerprint density at radius 1 is 1.37 bits per heavy atom. The number of ether oxygens (including phenoxy) is 1. The van der Waals surface area contributed by atoms with Gasteiger partial charge in [0, 0.05) is 6.61 Å². The highest BCUT2D eigenvalue weighted by molar-refractivity contribution is 5.87. The van der Waals surface area contributed by atoms with Crippen LogP contribution in [-0.2, 0) is 11.2 Å². The van der Waals surface area contributed by atoms with Crippen LogP contribution in [0.2, 0.25) is 0 Å². The monoisotopic (exact) mass is 267 g/mol. The molecule has 0 radical (unpaired) electrons. The van der Waals surface area contributed by atoms with Crippen LogP contribution >= 0.6 is 0 Å². The predicted molar refractivity (Wildman–Crippen MR) is 73.4 cm³/mol. The molecule has 3 N–H and O–H groups in total. The molecule has 1 amide bonds. The van der Waals surface area contributed by atoms with Crippen molar-refractivity contribution in [3.63, 3.8) is 0 Å². The van der Waals surface area contributed by atoms with Crippen molar-refractivity contribution in [2.45, 2.75) is 39.2 Å². The van der Waals surface area contributed by atoms with Crippen molar-refractivity contribution in [3.8, 4) is 5.75 Å². The van der Waals surface area contributed by atoms with Crippen molar-refractivity contribution in [2.75, 3.05) is 11.9 Å². The first-order valence-corrected chi connectivity index (χ1v) is 6.24. The second-order valence-corrected chi connectivity index (χ2v) is 5.31. The van der Waals surface area contributed by atoms with Gasteiger partial charge in [-0.1, -0.05) is 6.07 Å². The van der Waals surface area contributed by atoms with E-state index >= 15 is 0 Å². The smallest absolute Gasteiger partial charge is 0.412 e. The summed E-state index contributed by atoms with van der Waals surface area (Å²) >= 11 is 0. The van der Waals surface area contributed by atoms with Gasteiger partial charge >= 0.3 is 6.09 Å². The molecule has 1 aromatic rings. The molecule has 0 aliphatic carbocycles. The van der Waals surface area contributed by atoms with E-state index in [2.05, 4.69) is 5.32 Å². The summed E-state index contributed by atoms with van der Waals surface area (Å²) in [6.45, 7) is 5.41. The Morgan fingerprint density at radius 2 is 2.05 bits per heavy atom. The number of hydrogen-bond acceptors (Lipinski definition) is 4. The fraction of sp³-hybridized carbons (Fsp3) is 0.500. The average Bonchev–Trinajstić information content (AvgIpc) is 2.27. The highest BCUT2D eigenvalue weighted by atomic mass is 16.6. The van der Waals surface area contributed by atoms with Crippen molar-refractivity contribution in [1.29, 1.82) is 0 Å². The maximum atomic E-state index is 11.6. The molecule has 106 valence electrons. The predicted octanol–water partition coefficient (Wildman–Crippen LogP) is 2.66. The molecule has 0 aliphatic heterocycles. The van der Waals surface area contributed by atoms with Crippen molar-refractivity contribution >= 4 is 11.8 Å². The number of aliphatic hydroxyl groups is 1. The Bertz CT molecular complexity index is 438. The number of aliphatic hydroxyl groups excluding tert-OH is 1. The van der Waals surface area contributed by atoms with Gasteiger partial charge in [-0.25, -0.2) is 4.79 Å². The van der Waals surface area contributed by atoms with Crippen molar-refractivity contribution < 1.29 is 19.7 Å². The summed E-state index contributed by atoms with van der Waals surface area (Å²) in [4.78, 5) is 11.6. The Kier molecular flexibility index (Phi) is 5.18.